The SMILES string of the molecule is CNCc1sc(COc2ccc(C)cc2)nc1C(C)(C)C. The van der Waals surface area contributed by atoms with Gasteiger partial charge in [-0.25, -0.2) is 4.98 Å². The van der Waals surface area contributed by atoms with Crippen LogP contribution in [0.2, 0.25) is 0 Å². The standard InChI is InChI=1S/C17H24N2OS/c1-12-6-8-13(9-7-12)20-11-15-19-16(17(2,3)4)14(21-15)10-18-5/h6-9,18H,10-11H2,1-5H3. The first-order valence-corrected chi connectivity index (χ1v) is 8.05. The van der Waals surface area contributed by atoms with E-state index in [2.05, 4.69) is 45.1 Å². The van der Waals surface area contributed by atoms with Crippen LogP contribution in [0.5, 0.6) is 5.75 Å². The maximum atomic E-state index is 5.83. The van der Waals surface area contributed by atoms with Gasteiger partial charge in [0, 0.05) is 16.8 Å². The van der Waals surface area contributed by atoms with Crippen LogP contribution in [0.25, 0.3) is 0 Å². The molecule has 0 spiro atoms. The molecule has 0 fully saturated rings. The lowest BCUT2D eigenvalue weighted by molar-refractivity contribution is 0.305. The van der Waals surface area contributed by atoms with Crippen LogP contribution in [-0.4, -0.2) is 12.0 Å². The lowest BCUT2D eigenvalue weighted by Crippen LogP contribution is -2.16. The molecule has 0 aliphatic heterocycles. The van der Waals surface area contributed by atoms with Gasteiger partial charge in [0.15, 0.2) is 0 Å². The quantitative estimate of drug-likeness (QED) is 0.905. The van der Waals surface area contributed by atoms with Crippen LogP contribution in [-0.2, 0) is 18.6 Å². The Kier molecular flexibility index (Phi) is 5.01. The Bertz CT molecular complexity index is 582. The van der Waals surface area contributed by atoms with Crippen molar-refractivity contribution in [2.24, 2.45) is 0 Å². The van der Waals surface area contributed by atoms with Crippen LogP contribution in [0.3, 0.4) is 0 Å². The number of rotatable bonds is 5. The highest BCUT2D eigenvalue weighted by atomic mass is 32.1. The maximum absolute atomic E-state index is 5.83. The summed E-state index contributed by atoms with van der Waals surface area (Å²) >= 11 is 1.73. The molecule has 1 heterocycles. The molecule has 1 aromatic carbocycles. The summed E-state index contributed by atoms with van der Waals surface area (Å²) in [7, 11) is 1.97. The van der Waals surface area contributed by atoms with E-state index in [4.69, 9.17) is 9.72 Å². The van der Waals surface area contributed by atoms with Crippen molar-refractivity contribution in [2.75, 3.05) is 7.05 Å². The average molecular weight is 304 g/mol. The predicted octanol–water partition coefficient (Wildman–Crippen LogP) is 4.05. The van der Waals surface area contributed by atoms with Crippen LogP contribution >= 0.6 is 11.3 Å². The molecule has 0 bridgehead atoms. The minimum absolute atomic E-state index is 0.0603. The molecule has 0 aliphatic carbocycles. The zero-order valence-corrected chi connectivity index (χ0v) is 14.3. The minimum atomic E-state index is 0.0603. The molecule has 114 valence electrons. The number of aryl methyl sites for hydroxylation is 1. The highest BCUT2D eigenvalue weighted by Crippen LogP contribution is 2.30. The summed E-state index contributed by atoms with van der Waals surface area (Å²) in [4.78, 5) is 6.08. The van der Waals surface area contributed by atoms with Crippen molar-refractivity contribution in [1.29, 1.82) is 0 Å². The molecule has 2 aromatic rings. The topological polar surface area (TPSA) is 34.1 Å². The van der Waals surface area contributed by atoms with Crippen LogP contribution in [0, 0.1) is 6.92 Å². The van der Waals surface area contributed by atoms with Crippen molar-refractivity contribution in [3.8, 4) is 5.75 Å². The van der Waals surface area contributed by atoms with Gasteiger partial charge in [-0.15, -0.1) is 11.3 Å². The number of ether oxygens (including phenoxy) is 1. The molecule has 0 atom stereocenters. The first-order chi connectivity index (χ1) is 9.90. The molecular formula is C17H24N2OS. The first kappa shape index (κ1) is 16.0. The molecule has 4 heteroatoms. The van der Waals surface area contributed by atoms with E-state index in [0.29, 0.717) is 6.61 Å². The fourth-order valence-corrected chi connectivity index (χ4v) is 3.31. The molecule has 21 heavy (non-hydrogen) atoms. The van der Waals surface area contributed by atoms with Crippen molar-refractivity contribution < 1.29 is 4.74 Å². The van der Waals surface area contributed by atoms with E-state index in [1.165, 1.54) is 16.1 Å². The van der Waals surface area contributed by atoms with Gasteiger partial charge in [-0.05, 0) is 26.1 Å². The number of thiazole rings is 1. The van der Waals surface area contributed by atoms with E-state index in [9.17, 15) is 0 Å². The number of nitrogens with zero attached hydrogens (tertiary/aromatic N) is 1. The molecule has 0 amide bonds. The number of nitrogens with one attached hydrogen (secondary N) is 1. The third kappa shape index (κ3) is 4.29. The Balaban J connectivity index is 2.11. The van der Waals surface area contributed by atoms with Gasteiger partial charge in [0.05, 0.1) is 5.69 Å². The van der Waals surface area contributed by atoms with Gasteiger partial charge in [0.25, 0.3) is 0 Å². The minimum Gasteiger partial charge on any atom is -0.486 e. The van der Waals surface area contributed by atoms with Crippen LogP contribution in [0.15, 0.2) is 24.3 Å². The highest BCUT2D eigenvalue weighted by molar-refractivity contribution is 7.11. The van der Waals surface area contributed by atoms with Gasteiger partial charge in [0.2, 0.25) is 0 Å². The number of hydrogen-bond donors (Lipinski definition) is 1. The van der Waals surface area contributed by atoms with Gasteiger partial charge in [-0.2, -0.15) is 0 Å². The summed E-state index contributed by atoms with van der Waals surface area (Å²) in [6, 6.07) is 8.12. The Morgan fingerprint density at radius 1 is 1.19 bits per heavy atom. The first-order valence-electron chi connectivity index (χ1n) is 7.23. The summed E-state index contributed by atoms with van der Waals surface area (Å²) in [5, 5.41) is 4.25. The summed E-state index contributed by atoms with van der Waals surface area (Å²) in [6.45, 7) is 10.1. The smallest absolute Gasteiger partial charge is 0.140 e. The summed E-state index contributed by atoms with van der Waals surface area (Å²) in [5.41, 5.74) is 2.47. The monoisotopic (exact) mass is 304 g/mol. The fraction of sp³-hybridized carbons (Fsp3) is 0.471. The van der Waals surface area contributed by atoms with Gasteiger partial charge < -0.3 is 10.1 Å². The predicted molar refractivity (Wildman–Crippen MR) is 89.1 cm³/mol. The molecule has 2 rings (SSSR count). The second kappa shape index (κ2) is 6.58. The van der Waals surface area contributed by atoms with Crippen LogP contribution in [0.4, 0.5) is 0 Å². The molecule has 0 radical (unpaired) electrons. The second-order valence-corrected chi connectivity index (χ2v) is 7.43. The van der Waals surface area contributed by atoms with E-state index >= 15 is 0 Å². The molecule has 0 aliphatic rings. The zero-order valence-electron chi connectivity index (χ0n) is 13.5. The third-order valence-corrected chi connectivity index (χ3v) is 4.20. The lowest BCUT2D eigenvalue weighted by atomic mass is 9.91. The van der Waals surface area contributed by atoms with E-state index in [-0.39, 0.29) is 5.41 Å². The Labute approximate surface area is 131 Å². The van der Waals surface area contributed by atoms with Crippen LogP contribution in [0.1, 0.15) is 41.9 Å². The zero-order chi connectivity index (χ0) is 15.5. The normalized spacial score (nSPS) is 11.7. The number of hydrogen-bond acceptors (Lipinski definition) is 4. The van der Waals surface area contributed by atoms with Crippen LogP contribution < -0.4 is 10.1 Å². The van der Waals surface area contributed by atoms with Gasteiger partial charge in [0.1, 0.15) is 17.4 Å². The molecule has 0 saturated carbocycles. The molecular weight excluding hydrogens is 280 g/mol. The molecule has 1 N–H and O–H groups in total. The van der Waals surface area contributed by atoms with Crippen molar-refractivity contribution in [1.82, 2.24) is 10.3 Å². The van der Waals surface area contributed by atoms with Gasteiger partial charge >= 0.3 is 0 Å². The second-order valence-electron chi connectivity index (χ2n) is 6.26. The van der Waals surface area contributed by atoms with Crippen molar-refractivity contribution in [3.63, 3.8) is 0 Å². The maximum Gasteiger partial charge on any atom is 0.140 e. The summed E-state index contributed by atoms with van der Waals surface area (Å²) in [5.74, 6) is 0.892. The van der Waals surface area contributed by atoms with E-state index in [1.807, 2.05) is 19.2 Å². The number of aromatic nitrogens is 1. The van der Waals surface area contributed by atoms with Gasteiger partial charge in [-0.3, -0.25) is 0 Å². The van der Waals surface area contributed by atoms with Crippen molar-refractivity contribution >= 4 is 11.3 Å². The fourth-order valence-electron chi connectivity index (χ4n) is 2.11. The molecule has 1 aromatic heterocycles. The van der Waals surface area contributed by atoms with E-state index in [0.717, 1.165) is 17.3 Å². The summed E-state index contributed by atoms with van der Waals surface area (Å²) < 4.78 is 5.83. The Morgan fingerprint density at radius 2 is 1.86 bits per heavy atom. The van der Waals surface area contributed by atoms with E-state index < -0.39 is 0 Å². The Morgan fingerprint density at radius 3 is 2.43 bits per heavy atom. The molecule has 0 saturated heterocycles. The Hall–Kier alpha value is -1.39. The largest absolute Gasteiger partial charge is 0.486 e. The molecule has 0 unspecified atom stereocenters. The van der Waals surface area contributed by atoms with Crippen molar-refractivity contribution in [2.45, 2.75) is 46.3 Å². The highest BCUT2D eigenvalue weighted by Gasteiger charge is 2.22. The van der Waals surface area contributed by atoms with Gasteiger partial charge in [-0.1, -0.05) is 38.5 Å². The molecule has 3 nitrogen and oxygen atoms in total. The average Bonchev–Trinajstić information content (AvgIpc) is 2.82. The van der Waals surface area contributed by atoms with Crippen molar-refractivity contribution in [3.05, 3.63) is 45.4 Å². The third-order valence-electron chi connectivity index (χ3n) is 3.17. The number of benzene rings is 1. The van der Waals surface area contributed by atoms with E-state index in [1.54, 1.807) is 11.3 Å². The summed E-state index contributed by atoms with van der Waals surface area (Å²) in [6.07, 6.45) is 0. The lowest BCUT2D eigenvalue weighted by Gasteiger charge is -2.17.